The van der Waals surface area contributed by atoms with Crippen LogP contribution in [-0.4, -0.2) is 0 Å². The maximum Gasteiger partial charge on any atom is 0.126 e. The second kappa shape index (κ2) is 4.49. The van der Waals surface area contributed by atoms with Gasteiger partial charge in [0.15, 0.2) is 0 Å². The Morgan fingerprint density at radius 3 is 2.81 bits per heavy atom. The van der Waals surface area contributed by atoms with Gasteiger partial charge in [-0.1, -0.05) is 12.1 Å². The zero-order valence-electron chi connectivity index (χ0n) is 9.11. The smallest absolute Gasteiger partial charge is 0.126 e. The number of hydrogen-bond acceptors (Lipinski definition) is 2. The van der Waals surface area contributed by atoms with E-state index in [0.29, 0.717) is 12.0 Å². The third kappa shape index (κ3) is 2.31. The highest BCUT2D eigenvalue weighted by Gasteiger charge is 2.10. The van der Waals surface area contributed by atoms with Gasteiger partial charge in [-0.15, -0.1) is 0 Å². The van der Waals surface area contributed by atoms with E-state index in [4.69, 9.17) is 10.2 Å². The minimum atomic E-state index is -0.235. The van der Waals surface area contributed by atoms with Crippen molar-refractivity contribution in [3.8, 4) is 0 Å². The van der Waals surface area contributed by atoms with Gasteiger partial charge in [0.05, 0.1) is 6.26 Å². The molecular formula is C13H14FNO. The van der Waals surface area contributed by atoms with E-state index in [1.165, 1.54) is 6.07 Å². The van der Waals surface area contributed by atoms with Crippen LogP contribution < -0.4 is 5.73 Å². The fourth-order valence-electron chi connectivity index (χ4n) is 1.60. The van der Waals surface area contributed by atoms with Crippen LogP contribution in [0.25, 0.3) is 0 Å². The molecule has 3 heteroatoms. The van der Waals surface area contributed by atoms with Crippen molar-refractivity contribution in [1.29, 1.82) is 0 Å². The molecule has 0 spiro atoms. The Hall–Kier alpha value is -1.61. The molecule has 0 aliphatic rings. The van der Waals surface area contributed by atoms with Crippen molar-refractivity contribution in [2.24, 2.45) is 5.73 Å². The standard InChI is InChI=1S/C13H14FNO/c1-9-4-5-10(7-12(9)14)13(15)8-11-3-2-6-16-11/h2-7,13H,8,15H2,1H3. The SMILES string of the molecule is Cc1ccc(C(N)Cc2ccco2)cc1F. The zero-order chi connectivity index (χ0) is 11.5. The van der Waals surface area contributed by atoms with Crippen molar-refractivity contribution in [2.45, 2.75) is 19.4 Å². The number of nitrogens with two attached hydrogens (primary N) is 1. The molecule has 2 nitrogen and oxygen atoms in total. The zero-order valence-corrected chi connectivity index (χ0v) is 9.11. The summed E-state index contributed by atoms with van der Waals surface area (Å²) in [6, 6.07) is 8.53. The monoisotopic (exact) mass is 219 g/mol. The maximum atomic E-state index is 13.3. The van der Waals surface area contributed by atoms with Crippen molar-refractivity contribution in [2.75, 3.05) is 0 Å². The van der Waals surface area contributed by atoms with Crippen LogP contribution in [0.2, 0.25) is 0 Å². The summed E-state index contributed by atoms with van der Waals surface area (Å²) < 4.78 is 18.5. The molecule has 1 aromatic heterocycles. The lowest BCUT2D eigenvalue weighted by Gasteiger charge is -2.11. The van der Waals surface area contributed by atoms with Crippen LogP contribution in [-0.2, 0) is 6.42 Å². The van der Waals surface area contributed by atoms with Crippen LogP contribution in [0.5, 0.6) is 0 Å². The minimum absolute atomic E-state index is 0.215. The molecule has 2 N–H and O–H groups in total. The number of aryl methyl sites for hydroxylation is 1. The Morgan fingerprint density at radius 2 is 2.19 bits per heavy atom. The predicted octanol–water partition coefficient (Wildman–Crippen LogP) is 2.97. The average Bonchev–Trinajstić information content (AvgIpc) is 2.74. The lowest BCUT2D eigenvalue weighted by Crippen LogP contribution is -2.13. The van der Waals surface area contributed by atoms with E-state index in [1.54, 1.807) is 19.3 Å². The van der Waals surface area contributed by atoms with E-state index in [9.17, 15) is 4.39 Å². The molecule has 0 saturated carbocycles. The maximum absolute atomic E-state index is 13.3. The Kier molecular flexibility index (Phi) is 3.06. The molecule has 1 aromatic carbocycles. The third-order valence-corrected chi connectivity index (χ3v) is 2.63. The summed E-state index contributed by atoms with van der Waals surface area (Å²) in [6.07, 6.45) is 2.19. The highest BCUT2D eigenvalue weighted by molar-refractivity contribution is 5.26. The van der Waals surface area contributed by atoms with E-state index in [1.807, 2.05) is 18.2 Å². The number of hydrogen-bond donors (Lipinski definition) is 1. The van der Waals surface area contributed by atoms with Gasteiger partial charge in [0.1, 0.15) is 11.6 Å². The lowest BCUT2D eigenvalue weighted by molar-refractivity contribution is 0.487. The van der Waals surface area contributed by atoms with Crippen LogP contribution in [0.4, 0.5) is 4.39 Å². The summed E-state index contributed by atoms with van der Waals surface area (Å²) in [5.74, 6) is 0.598. The summed E-state index contributed by atoms with van der Waals surface area (Å²) >= 11 is 0. The van der Waals surface area contributed by atoms with Gasteiger partial charge in [0.2, 0.25) is 0 Å². The van der Waals surface area contributed by atoms with Gasteiger partial charge in [-0.3, -0.25) is 0 Å². The summed E-state index contributed by atoms with van der Waals surface area (Å²) in [6.45, 7) is 1.73. The van der Waals surface area contributed by atoms with Gasteiger partial charge in [-0.25, -0.2) is 4.39 Å². The van der Waals surface area contributed by atoms with Gasteiger partial charge < -0.3 is 10.2 Å². The van der Waals surface area contributed by atoms with E-state index >= 15 is 0 Å². The first-order valence-corrected chi connectivity index (χ1v) is 5.21. The van der Waals surface area contributed by atoms with Gasteiger partial charge in [0.25, 0.3) is 0 Å². The molecule has 1 heterocycles. The predicted molar refractivity (Wildman–Crippen MR) is 60.5 cm³/mol. The van der Waals surface area contributed by atoms with Crippen LogP contribution in [0.3, 0.4) is 0 Å². The first-order valence-electron chi connectivity index (χ1n) is 5.21. The fraction of sp³-hybridized carbons (Fsp3) is 0.231. The van der Waals surface area contributed by atoms with Crippen molar-refractivity contribution in [3.05, 3.63) is 59.3 Å². The molecule has 0 saturated heterocycles. The van der Waals surface area contributed by atoms with E-state index in [-0.39, 0.29) is 11.9 Å². The van der Waals surface area contributed by atoms with Crippen LogP contribution in [0.15, 0.2) is 41.0 Å². The fourth-order valence-corrected chi connectivity index (χ4v) is 1.60. The first-order chi connectivity index (χ1) is 7.66. The van der Waals surface area contributed by atoms with Crippen molar-refractivity contribution >= 4 is 0 Å². The first kappa shape index (κ1) is 10.9. The Balaban J connectivity index is 2.14. The van der Waals surface area contributed by atoms with E-state index in [2.05, 4.69) is 0 Å². The molecular weight excluding hydrogens is 205 g/mol. The molecule has 0 radical (unpaired) electrons. The summed E-state index contributed by atoms with van der Waals surface area (Å²) in [7, 11) is 0. The van der Waals surface area contributed by atoms with E-state index in [0.717, 1.165) is 11.3 Å². The molecule has 0 aliphatic carbocycles. The van der Waals surface area contributed by atoms with Gasteiger partial charge >= 0.3 is 0 Å². The van der Waals surface area contributed by atoms with Gasteiger partial charge in [0, 0.05) is 12.5 Å². The van der Waals surface area contributed by atoms with Crippen LogP contribution >= 0.6 is 0 Å². The van der Waals surface area contributed by atoms with Crippen molar-refractivity contribution in [1.82, 2.24) is 0 Å². The number of benzene rings is 1. The Morgan fingerprint density at radius 1 is 1.38 bits per heavy atom. The number of halogens is 1. The molecule has 0 fully saturated rings. The molecule has 16 heavy (non-hydrogen) atoms. The van der Waals surface area contributed by atoms with Crippen LogP contribution in [0.1, 0.15) is 22.9 Å². The second-order valence-electron chi connectivity index (χ2n) is 3.90. The molecule has 1 unspecified atom stereocenters. The van der Waals surface area contributed by atoms with Crippen molar-refractivity contribution in [3.63, 3.8) is 0 Å². The molecule has 0 aliphatic heterocycles. The second-order valence-corrected chi connectivity index (χ2v) is 3.90. The van der Waals surface area contributed by atoms with Crippen LogP contribution in [0, 0.1) is 12.7 Å². The van der Waals surface area contributed by atoms with E-state index < -0.39 is 0 Å². The van der Waals surface area contributed by atoms with Gasteiger partial charge in [-0.2, -0.15) is 0 Å². The quantitative estimate of drug-likeness (QED) is 0.861. The molecule has 0 amide bonds. The summed E-state index contributed by atoms with van der Waals surface area (Å²) in [5, 5.41) is 0. The number of furan rings is 1. The average molecular weight is 219 g/mol. The summed E-state index contributed by atoms with van der Waals surface area (Å²) in [4.78, 5) is 0. The molecule has 1 atom stereocenters. The molecule has 84 valence electrons. The van der Waals surface area contributed by atoms with Gasteiger partial charge in [-0.05, 0) is 36.2 Å². The Bertz CT molecular complexity index is 465. The third-order valence-electron chi connectivity index (χ3n) is 2.63. The highest BCUT2D eigenvalue weighted by Crippen LogP contribution is 2.18. The molecule has 2 aromatic rings. The molecule has 2 rings (SSSR count). The van der Waals surface area contributed by atoms with Crippen molar-refractivity contribution < 1.29 is 8.81 Å². The number of rotatable bonds is 3. The minimum Gasteiger partial charge on any atom is -0.469 e. The Labute approximate surface area is 93.9 Å². The normalized spacial score (nSPS) is 12.7. The highest BCUT2D eigenvalue weighted by atomic mass is 19.1. The topological polar surface area (TPSA) is 39.2 Å². The summed E-state index contributed by atoms with van der Waals surface area (Å²) in [5.41, 5.74) is 7.40. The lowest BCUT2D eigenvalue weighted by atomic mass is 10.0. The largest absolute Gasteiger partial charge is 0.469 e. The molecule has 0 bridgehead atoms.